The quantitative estimate of drug-likeness (QED) is 0.768. The van der Waals surface area contributed by atoms with Crippen molar-refractivity contribution < 1.29 is 14.2 Å². The summed E-state index contributed by atoms with van der Waals surface area (Å²) in [5.74, 6) is 1.99. The number of ether oxygens (including phenoxy) is 3. The van der Waals surface area contributed by atoms with Crippen molar-refractivity contribution in [3.8, 4) is 23.3 Å². The second kappa shape index (κ2) is 8.26. The standard InChI is InChI=1S/C20H23NO3/c1-5-15-10-14(6-8-19(15)23-3)11-16(13-21)18-12-17(22-2)7-9-20(18)24-4/h6-10,12,16H,5,11H2,1-4H3. The Morgan fingerprint density at radius 2 is 1.67 bits per heavy atom. The molecule has 1 atom stereocenters. The van der Waals surface area contributed by atoms with Crippen LogP contribution in [0.2, 0.25) is 0 Å². The van der Waals surface area contributed by atoms with E-state index in [2.05, 4.69) is 19.1 Å². The van der Waals surface area contributed by atoms with Crippen molar-refractivity contribution in [1.82, 2.24) is 0 Å². The van der Waals surface area contributed by atoms with E-state index in [1.54, 1.807) is 21.3 Å². The van der Waals surface area contributed by atoms with Crippen molar-refractivity contribution in [2.75, 3.05) is 21.3 Å². The molecule has 126 valence electrons. The molecule has 0 amide bonds. The largest absolute Gasteiger partial charge is 0.497 e. The van der Waals surface area contributed by atoms with Gasteiger partial charge in [0.15, 0.2) is 0 Å². The van der Waals surface area contributed by atoms with E-state index in [9.17, 15) is 5.26 Å². The number of nitriles is 1. The molecule has 2 rings (SSSR count). The van der Waals surface area contributed by atoms with Crippen molar-refractivity contribution in [2.24, 2.45) is 0 Å². The number of hydrogen-bond acceptors (Lipinski definition) is 4. The van der Waals surface area contributed by atoms with E-state index in [1.165, 1.54) is 0 Å². The maximum atomic E-state index is 9.68. The first-order chi connectivity index (χ1) is 11.7. The molecular weight excluding hydrogens is 302 g/mol. The molecule has 0 fully saturated rings. The maximum absolute atomic E-state index is 9.68. The molecule has 24 heavy (non-hydrogen) atoms. The van der Waals surface area contributed by atoms with E-state index in [4.69, 9.17) is 14.2 Å². The second-order valence-electron chi connectivity index (χ2n) is 5.49. The third-order valence-corrected chi connectivity index (χ3v) is 4.13. The highest BCUT2D eigenvalue weighted by Gasteiger charge is 2.18. The first kappa shape index (κ1) is 17.7. The van der Waals surface area contributed by atoms with Crippen LogP contribution in [0.15, 0.2) is 36.4 Å². The molecular formula is C20H23NO3. The molecule has 0 aliphatic rings. The van der Waals surface area contributed by atoms with Gasteiger partial charge in [-0.25, -0.2) is 0 Å². The van der Waals surface area contributed by atoms with Crippen LogP contribution in [0.3, 0.4) is 0 Å². The Morgan fingerprint density at radius 1 is 0.958 bits per heavy atom. The SMILES string of the molecule is CCc1cc(CC(C#N)c2cc(OC)ccc2OC)ccc1OC. The molecule has 0 heterocycles. The lowest BCUT2D eigenvalue weighted by atomic mass is 9.91. The van der Waals surface area contributed by atoms with E-state index in [1.807, 2.05) is 30.3 Å². The molecule has 2 aromatic rings. The molecule has 0 spiro atoms. The summed E-state index contributed by atoms with van der Waals surface area (Å²) in [5, 5.41) is 9.68. The first-order valence-electron chi connectivity index (χ1n) is 7.94. The summed E-state index contributed by atoms with van der Waals surface area (Å²) in [5.41, 5.74) is 3.08. The fourth-order valence-electron chi connectivity index (χ4n) is 2.81. The van der Waals surface area contributed by atoms with Gasteiger partial charge in [0.05, 0.1) is 33.3 Å². The summed E-state index contributed by atoms with van der Waals surface area (Å²) in [4.78, 5) is 0. The van der Waals surface area contributed by atoms with Crippen LogP contribution in [0, 0.1) is 11.3 Å². The number of rotatable bonds is 7. The average Bonchev–Trinajstić information content (AvgIpc) is 2.65. The molecule has 0 N–H and O–H groups in total. The maximum Gasteiger partial charge on any atom is 0.123 e. The zero-order valence-corrected chi connectivity index (χ0v) is 14.6. The zero-order chi connectivity index (χ0) is 17.5. The van der Waals surface area contributed by atoms with Gasteiger partial charge in [0.2, 0.25) is 0 Å². The molecule has 0 saturated carbocycles. The fourth-order valence-corrected chi connectivity index (χ4v) is 2.81. The normalized spacial score (nSPS) is 11.5. The highest BCUT2D eigenvalue weighted by Crippen LogP contribution is 2.33. The van der Waals surface area contributed by atoms with Crippen LogP contribution >= 0.6 is 0 Å². The predicted molar refractivity (Wildman–Crippen MR) is 94.0 cm³/mol. The van der Waals surface area contributed by atoms with Gasteiger partial charge in [-0.3, -0.25) is 0 Å². The van der Waals surface area contributed by atoms with Crippen LogP contribution in [-0.4, -0.2) is 21.3 Å². The Balaban J connectivity index is 2.35. The highest BCUT2D eigenvalue weighted by molar-refractivity contribution is 5.46. The van der Waals surface area contributed by atoms with Crippen LogP contribution in [0.5, 0.6) is 17.2 Å². The topological polar surface area (TPSA) is 51.5 Å². The van der Waals surface area contributed by atoms with Gasteiger partial charge in [0, 0.05) is 5.56 Å². The van der Waals surface area contributed by atoms with Gasteiger partial charge in [0.1, 0.15) is 17.2 Å². The van der Waals surface area contributed by atoms with Crippen LogP contribution < -0.4 is 14.2 Å². The van der Waals surface area contributed by atoms with Crippen LogP contribution in [0.25, 0.3) is 0 Å². The summed E-state index contributed by atoms with van der Waals surface area (Å²) in [6, 6.07) is 14.0. The lowest BCUT2D eigenvalue weighted by molar-refractivity contribution is 0.397. The third kappa shape index (κ3) is 3.80. The number of nitrogens with zero attached hydrogens (tertiary/aromatic N) is 1. The van der Waals surface area contributed by atoms with Gasteiger partial charge in [-0.05, 0) is 48.2 Å². The van der Waals surface area contributed by atoms with Crippen LogP contribution in [-0.2, 0) is 12.8 Å². The van der Waals surface area contributed by atoms with Crippen molar-refractivity contribution in [1.29, 1.82) is 5.26 Å². The molecule has 0 saturated heterocycles. The van der Waals surface area contributed by atoms with Gasteiger partial charge in [-0.1, -0.05) is 19.1 Å². The Hall–Kier alpha value is -2.67. The van der Waals surface area contributed by atoms with E-state index in [0.29, 0.717) is 12.2 Å². The Bertz CT molecular complexity index is 734. The molecule has 0 aliphatic heterocycles. The Labute approximate surface area is 143 Å². The van der Waals surface area contributed by atoms with Gasteiger partial charge >= 0.3 is 0 Å². The van der Waals surface area contributed by atoms with E-state index >= 15 is 0 Å². The molecule has 0 aromatic heterocycles. The second-order valence-corrected chi connectivity index (χ2v) is 5.49. The third-order valence-electron chi connectivity index (χ3n) is 4.13. The van der Waals surface area contributed by atoms with Gasteiger partial charge in [-0.2, -0.15) is 5.26 Å². The molecule has 4 nitrogen and oxygen atoms in total. The molecule has 2 aromatic carbocycles. The summed E-state index contributed by atoms with van der Waals surface area (Å²) in [7, 11) is 4.90. The van der Waals surface area contributed by atoms with E-state index in [-0.39, 0.29) is 5.92 Å². The number of hydrogen-bond donors (Lipinski definition) is 0. The van der Waals surface area contributed by atoms with Gasteiger partial charge < -0.3 is 14.2 Å². The Morgan fingerprint density at radius 3 is 2.25 bits per heavy atom. The minimum absolute atomic E-state index is 0.312. The minimum Gasteiger partial charge on any atom is -0.497 e. The summed E-state index contributed by atoms with van der Waals surface area (Å²) in [6.45, 7) is 2.09. The number of aryl methyl sites for hydroxylation is 1. The summed E-state index contributed by atoms with van der Waals surface area (Å²) in [6.07, 6.45) is 1.49. The van der Waals surface area contributed by atoms with E-state index < -0.39 is 0 Å². The average molecular weight is 325 g/mol. The predicted octanol–water partition coefficient (Wildman–Crippen LogP) is 4.12. The molecule has 4 heteroatoms. The molecule has 1 unspecified atom stereocenters. The first-order valence-corrected chi connectivity index (χ1v) is 7.94. The van der Waals surface area contributed by atoms with Gasteiger partial charge in [0.25, 0.3) is 0 Å². The van der Waals surface area contributed by atoms with Crippen LogP contribution in [0.4, 0.5) is 0 Å². The fraction of sp³-hybridized carbons (Fsp3) is 0.350. The lowest BCUT2D eigenvalue weighted by Crippen LogP contribution is -2.04. The number of methoxy groups -OCH3 is 3. The molecule has 0 bridgehead atoms. The van der Waals surface area contributed by atoms with Crippen LogP contribution in [0.1, 0.15) is 29.5 Å². The minimum atomic E-state index is -0.312. The Kier molecular flexibility index (Phi) is 6.08. The highest BCUT2D eigenvalue weighted by atomic mass is 16.5. The van der Waals surface area contributed by atoms with Crippen molar-refractivity contribution >= 4 is 0 Å². The molecule has 0 radical (unpaired) electrons. The number of benzene rings is 2. The summed E-state index contributed by atoms with van der Waals surface area (Å²) < 4.78 is 16.1. The van der Waals surface area contributed by atoms with Gasteiger partial charge in [-0.15, -0.1) is 0 Å². The van der Waals surface area contributed by atoms with Crippen molar-refractivity contribution in [3.63, 3.8) is 0 Å². The molecule has 0 aliphatic carbocycles. The van der Waals surface area contributed by atoms with E-state index in [0.717, 1.165) is 34.6 Å². The zero-order valence-electron chi connectivity index (χ0n) is 14.6. The smallest absolute Gasteiger partial charge is 0.123 e. The van der Waals surface area contributed by atoms with Crippen molar-refractivity contribution in [3.05, 3.63) is 53.1 Å². The monoisotopic (exact) mass is 325 g/mol. The van der Waals surface area contributed by atoms with Crippen molar-refractivity contribution in [2.45, 2.75) is 25.7 Å². The summed E-state index contributed by atoms with van der Waals surface area (Å²) >= 11 is 0. The lowest BCUT2D eigenvalue weighted by Gasteiger charge is -2.16.